The standard InChI is InChI=1S/C18H22N2O3/c1-20(15-8-3-2-4-9-15)13-7-12-19-18(22)14-23-17-11-6-5-10-16(17)21/h2-6,8-11,21H,7,12-14H2,1H3,(H,19,22). The molecule has 2 N–H and O–H groups in total. The number of carbonyl (C=O) groups is 1. The first-order valence-corrected chi connectivity index (χ1v) is 7.60. The molecule has 2 aromatic rings. The number of anilines is 1. The summed E-state index contributed by atoms with van der Waals surface area (Å²) in [5, 5.41) is 12.4. The van der Waals surface area contributed by atoms with E-state index in [0.29, 0.717) is 12.3 Å². The molecule has 0 radical (unpaired) electrons. The minimum absolute atomic E-state index is 0.0322. The highest BCUT2D eigenvalue weighted by Gasteiger charge is 2.05. The Morgan fingerprint density at radius 2 is 1.83 bits per heavy atom. The van der Waals surface area contributed by atoms with Crippen molar-refractivity contribution in [2.75, 3.05) is 31.6 Å². The highest BCUT2D eigenvalue weighted by atomic mass is 16.5. The lowest BCUT2D eigenvalue weighted by molar-refractivity contribution is -0.123. The van der Waals surface area contributed by atoms with Crippen molar-refractivity contribution >= 4 is 11.6 Å². The van der Waals surface area contributed by atoms with Gasteiger partial charge in [0, 0.05) is 25.8 Å². The number of benzene rings is 2. The van der Waals surface area contributed by atoms with Gasteiger partial charge in [-0.15, -0.1) is 0 Å². The van der Waals surface area contributed by atoms with Crippen LogP contribution in [0.2, 0.25) is 0 Å². The first kappa shape index (κ1) is 16.7. The first-order chi connectivity index (χ1) is 11.2. The van der Waals surface area contributed by atoms with Gasteiger partial charge in [0.2, 0.25) is 0 Å². The van der Waals surface area contributed by atoms with Gasteiger partial charge in [0.25, 0.3) is 5.91 Å². The summed E-state index contributed by atoms with van der Waals surface area (Å²) >= 11 is 0. The van der Waals surface area contributed by atoms with Gasteiger partial charge in [-0.05, 0) is 30.7 Å². The van der Waals surface area contributed by atoms with Gasteiger partial charge in [0.15, 0.2) is 18.1 Å². The lowest BCUT2D eigenvalue weighted by Crippen LogP contribution is -2.31. The van der Waals surface area contributed by atoms with Gasteiger partial charge in [-0.25, -0.2) is 0 Å². The Morgan fingerprint density at radius 3 is 2.57 bits per heavy atom. The van der Waals surface area contributed by atoms with Gasteiger partial charge in [0.05, 0.1) is 0 Å². The summed E-state index contributed by atoms with van der Waals surface area (Å²) in [4.78, 5) is 13.9. The zero-order chi connectivity index (χ0) is 16.5. The number of nitrogens with zero attached hydrogens (tertiary/aromatic N) is 1. The van der Waals surface area contributed by atoms with Gasteiger partial charge in [-0.2, -0.15) is 0 Å². The monoisotopic (exact) mass is 314 g/mol. The fourth-order valence-electron chi connectivity index (χ4n) is 2.13. The van der Waals surface area contributed by atoms with E-state index in [0.717, 1.165) is 18.7 Å². The molecule has 2 aromatic carbocycles. The van der Waals surface area contributed by atoms with Crippen molar-refractivity contribution in [3.8, 4) is 11.5 Å². The van der Waals surface area contributed by atoms with Gasteiger partial charge in [-0.3, -0.25) is 4.79 Å². The van der Waals surface area contributed by atoms with E-state index in [1.807, 2.05) is 25.2 Å². The van der Waals surface area contributed by atoms with Crippen molar-refractivity contribution in [3.05, 3.63) is 54.6 Å². The quantitative estimate of drug-likeness (QED) is 0.735. The molecule has 0 saturated heterocycles. The Morgan fingerprint density at radius 1 is 1.13 bits per heavy atom. The maximum absolute atomic E-state index is 11.7. The Balaban J connectivity index is 1.62. The Labute approximate surface area is 136 Å². The number of nitrogens with one attached hydrogen (secondary N) is 1. The SMILES string of the molecule is CN(CCCNC(=O)COc1ccccc1O)c1ccccc1. The summed E-state index contributed by atoms with van der Waals surface area (Å²) in [5.74, 6) is 0.145. The van der Waals surface area contributed by atoms with Crippen LogP contribution in [-0.2, 0) is 4.79 Å². The van der Waals surface area contributed by atoms with Gasteiger partial charge < -0.3 is 20.1 Å². The van der Waals surface area contributed by atoms with Gasteiger partial charge in [0.1, 0.15) is 0 Å². The Bertz CT molecular complexity index is 617. The second-order valence-corrected chi connectivity index (χ2v) is 5.22. The average molecular weight is 314 g/mol. The maximum Gasteiger partial charge on any atom is 0.257 e. The third kappa shape index (κ3) is 5.54. The van der Waals surface area contributed by atoms with E-state index in [-0.39, 0.29) is 18.3 Å². The van der Waals surface area contributed by atoms with Crippen LogP contribution in [0.15, 0.2) is 54.6 Å². The molecular formula is C18H22N2O3. The topological polar surface area (TPSA) is 61.8 Å². The molecule has 0 unspecified atom stereocenters. The molecule has 0 spiro atoms. The number of hydrogen-bond donors (Lipinski definition) is 2. The number of ether oxygens (including phenoxy) is 1. The normalized spacial score (nSPS) is 10.1. The Hall–Kier alpha value is -2.69. The van der Waals surface area contributed by atoms with Crippen LogP contribution in [-0.4, -0.2) is 37.8 Å². The van der Waals surface area contributed by atoms with Crippen LogP contribution < -0.4 is 15.0 Å². The minimum atomic E-state index is -0.199. The summed E-state index contributed by atoms with van der Waals surface area (Å²) in [6.07, 6.45) is 0.841. The largest absolute Gasteiger partial charge is 0.504 e. The fourth-order valence-corrected chi connectivity index (χ4v) is 2.13. The van der Waals surface area contributed by atoms with Crippen molar-refractivity contribution in [1.82, 2.24) is 5.32 Å². The molecule has 5 heteroatoms. The second kappa shape index (κ2) is 8.68. The summed E-state index contributed by atoms with van der Waals surface area (Å²) in [6.45, 7) is 1.33. The molecule has 1 amide bonds. The van der Waals surface area contributed by atoms with Crippen LogP contribution in [0.4, 0.5) is 5.69 Å². The molecule has 0 aliphatic rings. The number of carbonyl (C=O) groups excluding carboxylic acids is 1. The van der Waals surface area contributed by atoms with E-state index in [4.69, 9.17) is 4.74 Å². The highest BCUT2D eigenvalue weighted by Crippen LogP contribution is 2.23. The van der Waals surface area contributed by atoms with Crippen LogP contribution in [0.25, 0.3) is 0 Å². The van der Waals surface area contributed by atoms with E-state index >= 15 is 0 Å². The van der Waals surface area contributed by atoms with Crippen LogP contribution in [0.3, 0.4) is 0 Å². The van der Waals surface area contributed by atoms with Crippen molar-refractivity contribution in [2.24, 2.45) is 0 Å². The summed E-state index contributed by atoms with van der Waals surface area (Å²) in [5.41, 5.74) is 1.15. The molecular weight excluding hydrogens is 292 g/mol. The van der Waals surface area contributed by atoms with E-state index in [1.54, 1.807) is 18.2 Å². The van der Waals surface area contributed by atoms with Gasteiger partial charge >= 0.3 is 0 Å². The molecule has 5 nitrogen and oxygen atoms in total. The summed E-state index contributed by atoms with van der Waals surface area (Å²) in [6, 6.07) is 16.7. The minimum Gasteiger partial charge on any atom is -0.504 e. The van der Waals surface area contributed by atoms with Crippen molar-refractivity contribution in [3.63, 3.8) is 0 Å². The molecule has 122 valence electrons. The molecule has 0 aromatic heterocycles. The fraction of sp³-hybridized carbons (Fsp3) is 0.278. The van der Waals surface area contributed by atoms with E-state index < -0.39 is 0 Å². The van der Waals surface area contributed by atoms with Crippen molar-refractivity contribution < 1.29 is 14.6 Å². The third-order valence-electron chi connectivity index (χ3n) is 3.41. The van der Waals surface area contributed by atoms with Crippen LogP contribution in [0, 0.1) is 0 Å². The predicted octanol–water partition coefficient (Wildman–Crippen LogP) is 2.41. The Kier molecular flexibility index (Phi) is 6.29. The number of rotatable bonds is 8. The molecule has 0 heterocycles. The lowest BCUT2D eigenvalue weighted by Gasteiger charge is -2.19. The van der Waals surface area contributed by atoms with Crippen LogP contribution in [0.1, 0.15) is 6.42 Å². The number of phenols is 1. The van der Waals surface area contributed by atoms with Crippen LogP contribution in [0.5, 0.6) is 11.5 Å². The predicted molar refractivity (Wildman–Crippen MR) is 90.9 cm³/mol. The molecule has 2 rings (SSSR count). The van der Waals surface area contributed by atoms with E-state index in [2.05, 4.69) is 22.3 Å². The van der Waals surface area contributed by atoms with E-state index in [1.165, 1.54) is 6.07 Å². The molecule has 0 fully saturated rings. The number of para-hydroxylation sites is 3. The molecule has 0 aliphatic carbocycles. The van der Waals surface area contributed by atoms with Crippen molar-refractivity contribution in [1.29, 1.82) is 0 Å². The summed E-state index contributed by atoms with van der Waals surface area (Å²) in [7, 11) is 2.03. The number of hydrogen-bond acceptors (Lipinski definition) is 4. The molecule has 23 heavy (non-hydrogen) atoms. The number of aromatic hydroxyl groups is 1. The number of amides is 1. The number of phenolic OH excluding ortho intramolecular Hbond substituents is 1. The highest BCUT2D eigenvalue weighted by molar-refractivity contribution is 5.77. The molecule has 0 saturated carbocycles. The zero-order valence-corrected chi connectivity index (χ0v) is 13.2. The van der Waals surface area contributed by atoms with Gasteiger partial charge in [-0.1, -0.05) is 30.3 Å². The summed E-state index contributed by atoms with van der Waals surface area (Å²) < 4.78 is 5.27. The third-order valence-corrected chi connectivity index (χ3v) is 3.41. The van der Waals surface area contributed by atoms with Crippen molar-refractivity contribution in [2.45, 2.75) is 6.42 Å². The first-order valence-electron chi connectivity index (χ1n) is 7.60. The molecule has 0 aliphatic heterocycles. The molecule has 0 bridgehead atoms. The smallest absolute Gasteiger partial charge is 0.257 e. The zero-order valence-electron chi connectivity index (χ0n) is 13.2. The maximum atomic E-state index is 11.7. The van der Waals surface area contributed by atoms with E-state index in [9.17, 15) is 9.90 Å². The lowest BCUT2D eigenvalue weighted by atomic mass is 10.3. The van der Waals surface area contributed by atoms with Crippen LogP contribution >= 0.6 is 0 Å². The average Bonchev–Trinajstić information content (AvgIpc) is 2.58. The second-order valence-electron chi connectivity index (χ2n) is 5.22. The molecule has 0 atom stereocenters.